The highest BCUT2D eigenvalue weighted by molar-refractivity contribution is 9.10. The fourth-order valence-corrected chi connectivity index (χ4v) is 2.24. The monoisotopic (exact) mass is 428 g/mol. The highest BCUT2D eigenvalue weighted by atomic mass is 79.9. The number of nitrogens with one attached hydrogen (secondary N) is 1. The number of hydrogen-bond acceptors (Lipinski definition) is 4. The van der Waals surface area contributed by atoms with Crippen LogP contribution in [0.4, 0.5) is 33.5 Å². The molecule has 1 amide bonds. The third-order valence-electron chi connectivity index (χ3n) is 3.06. The SMILES string of the molecule is Cc1c(Br)c([N+](=O)[O-])nn1CC(=O)Nc1c(F)c(F)c(F)c(F)c1F. The molecular formula is C12H6BrF5N4O3. The number of aromatic nitrogens is 2. The molecule has 1 aromatic heterocycles. The largest absolute Gasteiger partial charge is 0.404 e. The molecule has 2 rings (SSSR count). The van der Waals surface area contributed by atoms with Crippen LogP contribution in [0.5, 0.6) is 0 Å². The number of carbonyl (C=O) groups excluding carboxylic acids is 1. The maximum Gasteiger partial charge on any atom is 0.404 e. The van der Waals surface area contributed by atoms with Crippen LogP contribution in [0.2, 0.25) is 0 Å². The molecule has 7 nitrogen and oxygen atoms in total. The Bertz CT molecular complexity index is 873. The number of anilines is 1. The topological polar surface area (TPSA) is 90.1 Å². The number of halogens is 6. The van der Waals surface area contributed by atoms with Gasteiger partial charge in [-0.1, -0.05) is 0 Å². The first-order chi connectivity index (χ1) is 11.6. The van der Waals surface area contributed by atoms with Crippen molar-refractivity contribution in [3.8, 4) is 0 Å². The fourth-order valence-electron chi connectivity index (χ4n) is 1.81. The van der Waals surface area contributed by atoms with Gasteiger partial charge < -0.3 is 15.4 Å². The molecule has 0 aliphatic heterocycles. The molecule has 0 bridgehead atoms. The van der Waals surface area contributed by atoms with E-state index in [9.17, 15) is 36.9 Å². The molecular weight excluding hydrogens is 423 g/mol. The maximum absolute atomic E-state index is 13.5. The van der Waals surface area contributed by atoms with E-state index in [1.54, 1.807) is 0 Å². The first-order valence-electron chi connectivity index (χ1n) is 6.24. The number of amides is 1. The summed E-state index contributed by atoms with van der Waals surface area (Å²) in [7, 11) is 0. The Hall–Kier alpha value is -2.57. The van der Waals surface area contributed by atoms with Gasteiger partial charge in [-0.05, 0) is 27.8 Å². The van der Waals surface area contributed by atoms with E-state index in [2.05, 4.69) is 21.0 Å². The van der Waals surface area contributed by atoms with Gasteiger partial charge in [-0.2, -0.15) is 4.68 Å². The van der Waals surface area contributed by atoms with Crippen LogP contribution < -0.4 is 5.32 Å². The van der Waals surface area contributed by atoms with Crippen molar-refractivity contribution in [2.24, 2.45) is 0 Å². The molecule has 0 unspecified atom stereocenters. The fraction of sp³-hybridized carbons (Fsp3) is 0.167. The molecule has 0 saturated heterocycles. The highest BCUT2D eigenvalue weighted by Crippen LogP contribution is 2.28. The van der Waals surface area contributed by atoms with E-state index in [4.69, 9.17) is 0 Å². The van der Waals surface area contributed by atoms with Gasteiger partial charge in [-0.25, -0.2) is 22.0 Å². The van der Waals surface area contributed by atoms with E-state index in [1.165, 1.54) is 12.2 Å². The smallest absolute Gasteiger partial charge is 0.358 e. The number of nitro groups is 1. The van der Waals surface area contributed by atoms with E-state index in [0.29, 0.717) is 0 Å². The van der Waals surface area contributed by atoms with Gasteiger partial charge in [0.2, 0.25) is 11.7 Å². The molecule has 13 heteroatoms. The van der Waals surface area contributed by atoms with Gasteiger partial charge >= 0.3 is 5.82 Å². The summed E-state index contributed by atoms with van der Waals surface area (Å²) >= 11 is 2.89. The predicted molar refractivity (Wildman–Crippen MR) is 76.2 cm³/mol. The Kier molecular flexibility index (Phi) is 5.06. The Morgan fingerprint density at radius 1 is 1.16 bits per heavy atom. The number of nitrogens with zero attached hydrogens (tertiary/aromatic N) is 3. The van der Waals surface area contributed by atoms with Crippen LogP contribution in [0.1, 0.15) is 5.69 Å². The minimum absolute atomic E-state index is 0.0264. The molecule has 25 heavy (non-hydrogen) atoms. The van der Waals surface area contributed by atoms with E-state index in [1.807, 2.05) is 0 Å². The molecule has 1 N–H and O–H groups in total. The van der Waals surface area contributed by atoms with Crippen molar-refractivity contribution in [3.63, 3.8) is 0 Å². The Morgan fingerprint density at radius 3 is 2.08 bits per heavy atom. The summed E-state index contributed by atoms with van der Waals surface area (Å²) in [4.78, 5) is 21.7. The van der Waals surface area contributed by atoms with E-state index in [-0.39, 0.29) is 10.2 Å². The van der Waals surface area contributed by atoms with Crippen molar-refractivity contribution in [1.29, 1.82) is 0 Å². The van der Waals surface area contributed by atoms with Crippen molar-refractivity contribution < 1.29 is 31.7 Å². The maximum atomic E-state index is 13.5. The predicted octanol–water partition coefficient (Wildman–Crippen LogP) is 3.20. The zero-order valence-corrected chi connectivity index (χ0v) is 13.6. The van der Waals surface area contributed by atoms with Crippen LogP contribution in [0.15, 0.2) is 4.47 Å². The molecule has 0 aliphatic rings. The standard InChI is InChI=1S/C12H6BrF5N4O3/c1-3-5(13)12(22(24)25)20-21(3)2-4(23)19-11-9(17)7(15)6(14)8(16)10(11)18/h2H2,1H3,(H,19,23). The zero-order valence-electron chi connectivity index (χ0n) is 12.0. The number of carbonyl (C=O) groups is 1. The average molecular weight is 429 g/mol. The van der Waals surface area contributed by atoms with Crippen LogP contribution in [0.3, 0.4) is 0 Å². The molecule has 2 aromatic rings. The highest BCUT2D eigenvalue weighted by Gasteiger charge is 2.28. The summed E-state index contributed by atoms with van der Waals surface area (Å²) in [5.74, 6) is -13.1. The minimum atomic E-state index is -2.37. The molecule has 0 atom stereocenters. The van der Waals surface area contributed by atoms with Crippen LogP contribution in [-0.2, 0) is 11.3 Å². The number of benzene rings is 1. The lowest BCUT2D eigenvalue weighted by molar-refractivity contribution is -0.390. The lowest BCUT2D eigenvalue weighted by atomic mass is 10.2. The molecule has 0 saturated carbocycles. The number of hydrogen-bond donors (Lipinski definition) is 1. The average Bonchev–Trinajstić information content (AvgIpc) is 2.83. The van der Waals surface area contributed by atoms with E-state index < -0.39 is 58.0 Å². The molecule has 0 aliphatic carbocycles. The van der Waals surface area contributed by atoms with Crippen molar-refractivity contribution in [2.75, 3.05) is 5.32 Å². The molecule has 1 heterocycles. The van der Waals surface area contributed by atoms with Gasteiger partial charge in [-0.15, -0.1) is 0 Å². The van der Waals surface area contributed by atoms with Crippen molar-refractivity contribution in [2.45, 2.75) is 13.5 Å². The third kappa shape index (κ3) is 3.31. The van der Waals surface area contributed by atoms with Gasteiger partial charge in [0.15, 0.2) is 23.3 Å². The van der Waals surface area contributed by atoms with Gasteiger partial charge in [-0.3, -0.25) is 4.79 Å². The molecule has 0 radical (unpaired) electrons. The lowest BCUT2D eigenvalue weighted by Gasteiger charge is -2.09. The van der Waals surface area contributed by atoms with Crippen LogP contribution in [0.25, 0.3) is 0 Å². The zero-order chi connectivity index (χ0) is 19.0. The summed E-state index contributed by atoms with van der Waals surface area (Å²) < 4.78 is 66.9. The second-order valence-electron chi connectivity index (χ2n) is 4.63. The van der Waals surface area contributed by atoms with Gasteiger partial charge in [0.05, 0.1) is 10.8 Å². The van der Waals surface area contributed by atoms with E-state index in [0.717, 1.165) is 4.68 Å². The van der Waals surface area contributed by atoms with Crippen molar-refractivity contribution in [3.05, 3.63) is 49.4 Å². The molecule has 1 aromatic carbocycles. The van der Waals surface area contributed by atoms with Crippen molar-refractivity contribution in [1.82, 2.24) is 9.78 Å². The van der Waals surface area contributed by atoms with Gasteiger partial charge in [0.25, 0.3) is 0 Å². The third-order valence-corrected chi connectivity index (χ3v) is 3.99. The Morgan fingerprint density at radius 2 is 1.64 bits per heavy atom. The summed E-state index contributed by atoms with van der Waals surface area (Å²) in [5.41, 5.74) is -1.39. The molecule has 0 spiro atoms. The van der Waals surface area contributed by atoms with Crippen LogP contribution in [0, 0.1) is 46.1 Å². The first kappa shape index (κ1) is 18.8. The number of rotatable bonds is 4. The lowest BCUT2D eigenvalue weighted by Crippen LogP contribution is -2.22. The minimum Gasteiger partial charge on any atom is -0.358 e. The van der Waals surface area contributed by atoms with Crippen LogP contribution in [-0.4, -0.2) is 20.6 Å². The second-order valence-corrected chi connectivity index (χ2v) is 5.42. The molecule has 134 valence electrons. The second kappa shape index (κ2) is 6.74. The summed E-state index contributed by atoms with van der Waals surface area (Å²) in [5, 5.41) is 15.8. The van der Waals surface area contributed by atoms with Crippen LogP contribution >= 0.6 is 15.9 Å². The van der Waals surface area contributed by atoms with Gasteiger partial charge in [0.1, 0.15) is 16.7 Å². The Balaban J connectivity index is 2.31. The molecule has 0 fully saturated rings. The first-order valence-corrected chi connectivity index (χ1v) is 7.04. The summed E-state index contributed by atoms with van der Waals surface area (Å²) in [6, 6.07) is 0. The summed E-state index contributed by atoms with van der Waals surface area (Å²) in [6.45, 7) is 0.591. The van der Waals surface area contributed by atoms with E-state index >= 15 is 0 Å². The van der Waals surface area contributed by atoms with Gasteiger partial charge in [0, 0.05) is 0 Å². The Labute approximate surface area is 143 Å². The quantitative estimate of drug-likeness (QED) is 0.266. The summed E-state index contributed by atoms with van der Waals surface area (Å²) in [6.07, 6.45) is 0. The normalized spacial score (nSPS) is 10.8. The van der Waals surface area contributed by atoms with Crippen molar-refractivity contribution >= 4 is 33.3 Å².